The molecule has 0 bridgehead atoms. The molecule has 0 unspecified atom stereocenters. The summed E-state index contributed by atoms with van der Waals surface area (Å²) in [6.07, 6.45) is 0. The molecule has 116 valence electrons. The summed E-state index contributed by atoms with van der Waals surface area (Å²) in [5.74, 6) is 1.73. The fraction of sp³-hybridized carbons (Fsp3) is 0.154. The first-order valence-corrected chi connectivity index (χ1v) is 9.41. The van der Waals surface area contributed by atoms with Gasteiger partial charge in [0.05, 0.1) is 17.2 Å². The number of thioether (sulfide) groups is 1. The molecule has 0 radical (unpaired) electrons. The fourth-order valence-corrected chi connectivity index (χ4v) is 3.94. The minimum absolute atomic E-state index is 0.550. The number of hydrogen-bond donors (Lipinski definition) is 0. The van der Waals surface area contributed by atoms with Gasteiger partial charge in [0.25, 0.3) is 5.89 Å². The third-order valence-corrected chi connectivity index (χ3v) is 5.59. The van der Waals surface area contributed by atoms with Crippen molar-refractivity contribution in [3.63, 3.8) is 0 Å². The first kappa shape index (κ1) is 14.5. The summed E-state index contributed by atoms with van der Waals surface area (Å²) in [5, 5.41) is 20.6. The highest BCUT2D eigenvalue weighted by atomic mass is 32.2. The molecule has 4 rings (SSSR count). The zero-order valence-electron chi connectivity index (χ0n) is 11.7. The van der Waals surface area contributed by atoms with Gasteiger partial charge in [-0.2, -0.15) is 4.98 Å². The Hall–Kier alpha value is -2.04. The van der Waals surface area contributed by atoms with Gasteiger partial charge in [0.15, 0.2) is 5.82 Å². The molecule has 0 saturated heterocycles. The van der Waals surface area contributed by atoms with Crippen LogP contribution in [-0.2, 0) is 12.3 Å². The quantitative estimate of drug-likeness (QED) is 0.487. The predicted octanol–water partition coefficient (Wildman–Crippen LogP) is 3.19. The van der Waals surface area contributed by atoms with E-state index in [-0.39, 0.29) is 0 Å². The molecule has 10 heteroatoms. The monoisotopic (exact) mass is 362 g/mol. The van der Waals surface area contributed by atoms with Crippen molar-refractivity contribution >= 4 is 34.4 Å². The van der Waals surface area contributed by atoms with E-state index in [0.29, 0.717) is 24.0 Å². The van der Waals surface area contributed by atoms with Crippen molar-refractivity contribution in [3.05, 3.63) is 45.7 Å². The normalized spacial score (nSPS) is 11.1. The van der Waals surface area contributed by atoms with Gasteiger partial charge in [0.2, 0.25) is 5.16 Å². The van der Waals surface area contributed by atoms with Gasteiger partial charge in [0.1, 0.15) is 0 Å². The van der Waals surface area contributed by atoms with Crippen molar-refractivity contribution in [2.45, 2.75) is 17.5 Å². The fourth-order valence-electron chi connectivity index (χ4n) is 1.89. The number of rotatable bonds is 6. The zero-order chi connectivity index (χ0) is 15.5. The Morgan fingerprint density at radius 2 is 2.09 bits per heavy atom. The topological polar surface area (TPSA) is 82.5 Å². The van der Waals surface area contributed by atoms with Crippen molar-refractivity contribution in [2.75, 3.05) is 0 Å². The standard InChI is InChI=1S/C13H10N6OS3/c1-3-9(21-5-1)7-19-13(15-17-18-19)23-8-11-14-12(20-16-11)10-4-2-6-22-10/h1-6H,7-8H2. The lowest BCUT2D eigenvalue weighted by molar-refractivity contribution is 0.426. The van der Waals surface area contributed by atoms with Crippen molar-refractivity contribution in [1.29, 1.82) is 0 Å². The van der Waals surface area contributed by atoms with Crippen LogP contribution >= 0.6 is 34.4 Å². The van der Waals surface area contributed by atoms with Gasteiger partial charge in [-0.25, -0.2) is 4.68 Å². The summed E-state index contributed by atoms with van der Waals surface area (Å²) in [6, 6.07) is 7.99. The van der Waals surface area contributed by atoms with Gasteiger partial charge in [-0.3, -0.25) is 0 Å². The van der Waals surface area contributed by atoms with Gasteiger partial charge in [0, 0.05) is 4.88 Å². The SMILES string of the molecule is c1csc(Cn2nnnc2SCc2noc(-c3cccs3)n2)c1. The molecule has 23 heavy (non-hydrogen) atoms. The first-order valence-electron chi connectivity index (χ1n) is 6.66. The molecule has 0 aliphatic heterocycles. The average Bonchev–Trinajstić information content (AvgIpc) is 3.34. The second kappa shape index (κ2) is 6.60. The molecule has 7 nitrogen and oxygen atoms in total. The Kier molecular flexibility index (Phi) is 4.18. The highest BCUT2D eigenvalue weighted by molar-refractivity contribution is 7.98. The molecule has 0 fully saturated rings. The largest absolute Gasteiger partial charge is 0.333 e. The third kappa shape index (κ3) is 3.33. The summed E-state index contributed by atoms with van der Waals surface area (Å²) in [5.41, 5.74) is 0. The average molecular weight is 362 g/mol. The van der Waals surface area contributed by atoms with E-state index < -0.39 is 0 Å². The van der Waals surface area contributed by atoms with Crippen LogP contribution in [0, 0.1) is 0 Å². The van der Waals surface area contributed by atoms with Crippen molar-refractivity contribution in [1.82, 2.24) is 30.3 Å². The minimum Gasteiger partial charge on any atom is -0.333 e. The number of aromatic nitrogens is 6. The Bertz CT molecular complexity index is 867. The molecule has 4 heterocycles. The van der Waals surface area contributed by atoms with Crippen LogP contribution in [0.15, 0.2) is 44.7 Å². The summed E-state index contributed by atoms with van der Waals surface area (Å²) in [6.45, 7) is 0.666. The molecule has 0 aliphatic carbocycles. The Morgan fingerprint density at radius 1 is 1.17 bits per heavy atom. The molecule has 4 aromatic heterocycles. The molecule has 0 atom stereocenters. The molecule has 0 saturated carbocycles. The summed E-state index contributed by atoms with van der Waals surface area (Å²) in [4.78, 5) is 6.57. The maximum absolute atomic E-state index is 5.27. The highest BCUT2D eigenvalue weighted by Crippen LogP contribution is 2.25. The molecule has 0 spiro atoms. The lowest BCUT2D eigenvalue weighted by atomic mass is 10.5. The van der Waals surface area contributed by atoms with Gasteiger partial charge in [-0.1, -0.05) is 29.1 Å². The molecular formula is C13H10N6OS3. The zero-order valence-corrected chi connectivity index (χ0v) is 14.1. The minimum atomic E-state index is 0.550. The van der Waals surface area contributed by atoms with E-state index in [1.807, 2.05) is 29.0 Å². The third-order valence-electron chi connectivity index (χ3n) is 2.92. The van der Waals surface area contributed by atoms with Crippen molar-refractivity contribution in [3.8, 4) is 10.8 Å². The van der Waals surface area contributed by atoms with Crippen LogP contribution in [-0.4, -0.2) is 30.3 Å². The molecular weight excluding hydrogens is 352 g/mol. The maximum atomic E-state index is 5.27. The lowest BCUT2D eigenvalue weighted by Gasteiger charge is -2.00. The van der Waals surface area contributed by atoms with Crippen LogP contribution in [0.3, 0.4) is 0 Å². The van der Waals surface area contributed by atoms with Gasteiger partial charge in [-0.15, -0.1) is 27.8 Å². The number of tetrazole rings is 1. The van der Waals surface area contributed by atoms with E-state index in [1.54, 1.807) is 27.4 Å². The van der Waals surface area contributed by atoms with Gasteiger partial charge in [-0.05, 0) is 33.3 Å². The summed E-state index contributed by atoms with van der Waals surface area (Å²) >= 11 is 4.74. The second-order valence-electron chi connectivity index (χ2n) is 4.48. The molecule has 0 aliphatic rings. The van der Waals surface area contributed by atoms with E-state index in [4.69, 9.17) is 4.52 Å². The van der Waals surface area contributed by atoms with Crippen LogP contribution in [0.4, 0.5) is 0 Å². The Balaban J connectivity index is 1.43. The number of thiophene rings is 2. The summed E-state index contributed by atoms with van der Waals surface area (Å²) in [7, 11) is 0. The first-order chi connectivity index (χ1) is 11.4. The molecule has 4 aromatic rings. The predicted molar refractivity (Wildman–Crippen MR) is 88.4 cm³/mol. The van der Waals surface area contributed by atoms with Crippen LogP contribution in [0.25, 0.3) is 10.8 Å². The van der Waals surface area contributed by atoms with Crippen LogP contribution < -0.4 is 0 Å². The van der Waals surface area contributed by atoms with E-state index in [2.05, 4.69) is 31.7 Å². The Morgan fingerprint density at radius 3 is 2.91 bits per heavy atom. The van der Waals surface area contributed by atoms with Crippen LogP contribution in [0.2, 0.25) is 0 Å². The Labute approximate surface area is 143 Å². The van der Waals surface area contributed by atoms with Crippen LogP contribution in [0.5, 0.6) is 0 Å². The van der Waals surface area contributed by atoms with Gasteiger partial charge >= 0.3 is 0 Å². The maximum Gasteiger partial charge on any atom is 0.268 e. The van der Waals surface area contributed by atoms with Crippen molar-refractivity contribution in [2.24, 2.45) is 0 Å². The molecule has 0 N–H and O–H groups in total. The van der Waals surface area contributed by atoms with E-state index in [0.717, 1.165) is 10.0 Å². The van der Waals surface area contributed by atoms with Crippen molar-refractivity contribution < 1.29 is 4.52 Å². The summed E-state index contributed by atoms with van der Waals surface area (Å²) < 4.78 is 7.05. The smallest absolute Gasteiger partial charge is 0.268 e. The molecule has 0 aromatic carbocycles. The van der Waals surface area contributed by atoms with Crippen LogP contribution in [0.1, 0.15) is 10.7 Å². The highest BCUT2D eigenvalue weighted by Gasteiger charge is 2.13. The van der Waals surface area contributed by atoms with Gasteiger partial charge < -0.3 is 4.52 Å². The van der Waals surface area contributed by atoms with E-state index in [9.17, 15) is 0 Å². The van der Waals surface area contributed by atoms with E-state index >= 15 is 0 Å². The molecule has 0 amide bonds. The number of hydrogen-bond acceptors (Lipinski definition) is 9. The second-order valence-corrected chi connectivity index (χ2v) is 7.40. The number of nitrogens with zero attached hydrogens (tertiary/aromatic N) is 6. The lowest BCUT2D eigenvalue weighted by Crippen LogP contribution is -2.02. The van der Waals surface area contributed by atoms with E-state index in [1.165, 1.54) is 16.6 Å².